The summed E-state index contributed by atoms with van der Waals surface area (Å²) in [5.41, 5.74) is 2.36. The second-order valence-electron chi connectivity index (χ2n) is 5.20. The predicted octanol–water partition coefficient (Wildman–Crippen LogP) is 1.61. The summed E-state index contributed by atoms with van der Waals surface area (Å²) < 4.78 is 27.7. The number of rotatable bonds is 5. The number of hydrogen-bond acceptors (Lipinski definition) is 5. The average molecular weight is 298 g/mol. The standard InChI is InChI=1S/C13H22N4O2S/c1-2-10-5-3-4-6-12(10)17-20(18,19)11-7-8-15-13(9-11)16-14/h7-10,12,17H,2-6,14H2,1H3,(H,15,16). The zero-order valence-electron chi connectivity index (χ0n) is 11.7. The van der Waals surface area contributed by atoms with Crippen LogP contribution in [0.2, 0.25) is 0 Å². The summed E-state index contributed by atoms with van der Waals surface area (Å²) in [6.45, 7) is 2.11. The van der Waals surface area contributed by atoms with Gasteiger partial charge in [-0.15, -0.1) is 0 Å². The van der Waals surface area contributed by atoms with E-state index in [4.69, 9.17) is 5.84 Å². The predicted molar refractivity (Wildman–Crippen MR) is 78.4 cm³/mol. The van der Waals surface area contributed by atoms with Crippen LogP contribution in [0.15, 0.2) is 23.2 Å². The Bertz CT molecular complexity index is 547. The van der Waals surface area contributed by atoms with Gasteiger partial charge < -0.3 is 5.43 Å². The van der Waals surface area contributed by atoms with Crippen LogP contribution in [0.4, 0.5) is 5.82 Å². The highest BCUT2D eigenvalue weighted by Gasteiger charge is 2.28. The summed E-state index contributed by atoms with van der Waals surface area (Å²) in [6.07, 6.45) is 6.70. The Morgan fingerprint density at radius 3 is 2.85 bits per heavy atom. The highest BCUT2D eigenvalue weighted by molar-refractivity contribution is 7.89. The van der Waals surface area contributed by atoms with Crippen molar-refractivity contribution in [2.24, 2.45) is 11.8 Å². The molecule has 1 heterocycles. The van der Waals surface area contributed by atoms with Gasteiger partial charge in [-0.05, 0) is 24.8 Å². The van der Waals surface area contributed by atoms with E-state index in [1.165, 1.54) is 24.8 Å². The zero-order valence-corrected chi connectivity index (χ0v) is 12.5. The number of nitrogens with zero attached hydrogens (tertiary/aromatic N) is 1. The maximum Gasteiger partial charge on any atom is 0.241 e. The van der Waals surface area contributed by atoms with E-state index in [9.17, 15) is 8.42 Å². The van der Waals surface area contributed by atoms with Gasteiger partial charge in [-0.1, -0.05) is 26.2 Å². The summed E-state index contributed by atoms with van der Waals surface area (Å²) in [6, 6.07) is 2.94. The molecule has 2 atom stereocenters. The first-order valence-corrected chi connectivity index (χ1v) is 8.50. The quantitative estimate of drug-likeness (QED) is 0.567. The fraction of sp³-hybridized carbons (Fsp3) is 0.615. The van der Waals surface area contributed by atoms with E-state index in [0.717, 1.165) is 25.7 Å². The summed E-state index contributed by atoms with van der Waals surface area (Å²) in [4.78, 5) is 4.12. The van der Waals surface area contributed by atoms with Crippen LogP contribution >= 0.6 is 0 Å². The van der Waals surface area contributed by atoms with Crippen LogP contribution in [0.1, 0.15) is 39.0 Å². The Morgan fingerprint density at radius 2 is 2.15 bits per heavy atom. The molecule has 0 radical (unpaired) electrons. The number of nitrogen functional groups attached to an aromatic ring is 1. The molecule has 112 valence electrons. The Labute approximate surface area is 120 Å². The van der Waals surface area contributed by atoms with Crippen LogP contribution in [0.5, 0.6) is 0 Å². The fourth-order valence-electron chi connectivity index (χ4n) is 2.78. The first-order chi connectivity index (χ1) is 9.56. The van der Waals surface area contributed by atoms with E-state index in [2.05, 4.69) is 22.1 Å². The summed E-state index contributed by atoms with van der Waals surface area (Å²) in [5, 5.41) is 0. The smallest absolute Gasteiger partial charge is 0.241 e. The summed E-state index contributed by atoms with van der Waals surface area (Å²) in [5.74, 6) is 6.02. The van der Waals surface area contributed by atoms with Gasteiger partial charge in [0.25, 0.3) is 0 Å². The van der Waals surface area contributed by atoms with Crippen molar-refractivity contribution in [3.63, 3.8) is 0 Å². The first-order valence-electron chi connectivity index (χ1n) is 7.02. The second-order valence-corrected chi connectivity index (χ2v) is 6.92. The minimum absolute atomic E-state index is 0.0289. The Balaban J connectivity index is 2.17. The highest BCUT2D eigenvalue weighted by Crippen LogP contribution is 2.28. The lowest BCUT2D eigenvalue weighted by Crippen LogP contribution is -2.41. The first kappa shape index (κ1) is 15.2. The van der Waals surface area contributed by atoms with Gasteiger partial charge in [0.05, 0.1) is 4.90 Å². The van der Waals surface area contributed by atoms with Crippen LogP contribution in [-0.2, 0) is 10.0 Å². The molecule has 1 aromatic rings. The zero-order chi connectivity index (χ0) is 14.6. The number of nitrogens with one attached hydrogen (secondary N) is 2. The molecule has 0 aromatic carbocycles. The molecule has 0 saturated heterocycles. The van der Waals surface area contributed by atoms with Gasteiger partial charge in [0.1, 0.15) is 5.82 Å². The number of sulfonamides is 1. The van der Waals surface area contributed by atoms with Crippen LogP contribution in [-0.4, -0.2) is 19.4 Å². The Morgan fingerprint density at radius 1 is 1.40 bits per heavy atom. The van der Waals surface area contributed by atoms with E-state index in [-0.39, 0.29) is 10.9 Å². The molecule has 0 spiro atoms. The largest absolute Gasteiger partial charge is 0.308 e. The molecule has 2 unspecified atom stereocenters. The highest BCUT2D eigenvalue weighted by atomic mass is 32.2. The lowest BCUT2D eigenvalue weighted by atomic mass is 9.83. The second kappa shape index (κ2) is 6.51. The molecule has 1 aliphatic carbocycles. The maximum atomic E-state index is 12.4. The van der Waals surface area contributed by atoms with E-state index >= 15 is 0 Å². The van der Waals surface area contributed by atoms with Crippen molar-refractivity contribution in [2.75, 3.05) is 5.43 Å². The van der Waals surface area contributed by atoms with Gasteiger partial charge >= 0.3 is 0 Å². The number of aromatic nitrogens is 1. The number of hydrogen-bond donors (Lipinski definition) is 3. The molecule has 0 amide bonds. The molecule has 0 bridgehead atoms. The van der Waals surface area contributed by atoms with E-state index in [0.29, 0.717) is 11.7 Å². The molecular formula is C13H22N4O2S. The Kier molecular flexibility index (Phi) is 4.95. The molecular weight excluding hydrogens is 276 g/mol. The number of anilines is 1. The van der Waals surface area contributed by atoms with Crippen molar-refractivity contribution in [3.8, 4) is 0 Å². The van der Waals surface area contributed by atoms with E-state index in [1.54, 1.807) is 0 Å². The molecule has 2 rings (SSSR count). The van der Waals surface area contributed by atoms with Gasteiger partial charge in [0.15, 0.2) is 0 Å². The number of hydrazine groups is 1. The lowest BCUT2D eigenvalue weighted by molar-refractivity contribution is 0.282. The number of pyridine rings is 1. The van der Waals surface area contributed by atoms with Crippen molar-refractivity contribution >= 4 is 15.8 Å². The van der Waals surface area contributed by atoms with E-state index in [1.807, 2.05) is 0 Å². The van der Waals surface area contributed by atoms with Crippen molar-refractivity contribution < 1.29 is 8.42 Å². The van der Waals surface area contributed by atoms with Crippen molar-refractivity contribution in [1.29, 1.82) is 0 Å². The molecule has 6 nitrogen and oxygen atoms in total. The molecule has 1 aliphatic rings. The van der Waals surface area contributed by atoms with Gasteiger partial charge in [0, 0.05) is 18.3 Å². The third-order valence-corrected chi connectivity index (χ3v) is 5.42. The normalized spacial score (nSPS) is 23.5. The monoisotopic (exact) mass is 298 g/mol. The van der Waals surface area contributed by atoms with E-state index < -0.39 is 10.0 Å². The maximum absolute atomic E-state index is 12.4. The summed E-state index contributed by atoms with van der Waals surface area (Å²) >= 11 is 0. The fourth-order valence-corrected chi connectivity index (χ4v) is 4.13. The molecule has 1 fully saturated rings. The molecule has 0 aliphatic heterocycles. The van der Waals surface area contributed by atoms with Crippen molar-refractivity contribution in [3.05, 3.63) is 18.3 Å². The Hall–Kier alpha value is -1.18. The minimum Gasteiger partial charge on any atom is -0.308 e. The molecule has 1 saturated carbocycles. The number of nitrogens with two attached hydrogens (primary N) is 1. The van der Waals surface area contributed by atoms with Gasteiger partial charge in [0.2, 0.25) is 10.0 Å². The van der Waals surface area contributed by atoms with Crippen LogP contribution in [0.3, 0.4) is 0 Å². The van der Waals surface area contributed by atoms with Gasteiger partial charge in [-0.3, -0.25) is 0 Å². The molecule has 4 N–H and O–H groups in total. The van der Waals surface area contributed by atoms with Gasteiger partial charge in [-0.2, -0.15) is 0 Å². The third-order valence-electron chi connectivity index (χ3n) is 3.93. The van der Waals surface area contributed by atoms with Crippen LogP contribution < -0.4 is 16.0 Å². The van der Waals surface area contributed by atoms with Crippen molar-refractivity contribution in [2.45, 2.75) is 50.0 Å². The molecule has 20 heavy (non-hydrogen) atoms. The van der Waals surface area contributed by atoms with Crippen molar-refractivity contribution in [1.82, 2.24) is 9.71 Å². The average Bonchev–Trinajstić information content (AvgIpc) is 2.47. The molecule has 7 heteroatoms. The topological polar surface area (TPSA) is 97.1 Å². The van der Waals surface area contributed by atoms with Crippen LogP contribution in [0.25, 0.3) is 0 Å². The van der Waals surface area contributed by atoms with Gasteiger partial charge in [-0.25, -0.2) is 24.0 Å². The summed E-state index contributed by atoms with van der Waals surface area (Å²) in [7, 11) is -3.52. The molecule has 1 aromatic heterocycles. The lowest BCUT2D eigenvalue weighted by Gasteiger charge is -2.31. The minimum atomic E-state index is -3.52. The third kappa shape index (κ3) is 3.47. The van der Waals surface area contributed by atoms with Crippen LogP contribution in [0, 0.1) is 5.92 Å². The SMILES string of the molecule is CCC1CCCCC1NS(=O)(=O)c1ccnc(NN)c1.